The van der Waals surface area contributed by atoms with Gasteiger partial charge in [-0.15, -0.1) is 0 Å². The molecule has 16 heavy (non-hydrogen) atoms. The topological polar surface area (TPSA) is 39.1 Å². The maximum atomic E-state index is 5.39. The molecule has 0 amide bonds. The molecular formula is C12H21N3O. The third-order valence-electron chi connectivity index (χ3n) is 3.50. The van der Waals surface area contributed by atoms with Crippen LogP contribution in [0.5, 0.6) is 5.75 Å². The molecule has 1 heterocycles. The Kier molecular flexibility index (Phi) is 3.49. The summed E-state index contributed by atoms with van der Waals surface area (Å²) in [6, 6.07) is 0.578. The quantitative estimate of drug-likeness (QED) is 0.844. The van der Waals surface area contributed by atoms with Gasteiger partial charge in [0.05, 0.1) is 19.0 Å². The summed E-state index contributed by atoms with van der Waals surface area (Å²) in [6.45, 7) is 3.19. The van der Waals surface area contributed by atoms with Crippen molar-refractivity contribution in [3.05, 3.63) is 11.9 Å². The molecule has 1 aliphatic carbocycles. The number of methoxy groups -OCH3 is 1. The van der Waals surface area contributed by atoms with E-state index in [0.29, 0.717) is 12.0 Å². The minimum absolute atomic E-state index is 0.544. The molecule has 0 bridgehead atoms. The first kappa shape index (κ1) is 11.5. The predicted molar refractivity (Wildman–Crippen MR) is 63.8 cm³/mol. The van der Waals surface area contributed by atoms with Gasteiger partial charge in [0.25, 0.3) is 0 Å². The molecule has 1 N–H and O–H groups in total. The van der Waals surface area contributed by atoms with Crippen molar-refractivity contribution >= 4 is 0 Å². The number of rotatable bonds is 4. The molecule has 1 aliphatic rings. The lowest BCUT2D eigenvalue weighted by Gasteiger charge is -2.21. The smallest absolute Gasteiger partial charge is 0.160 e. The highest BCUT2D eigenvalue weighted by Crippen LogP contribution is 2.38. The number of nitrogens with one attached hydrogen (secondary N) is 1. The fraction of sp³-hybridized carbons (Fsp3) is 0.750. The van der Waals surface area contributed by atoms with Gasteiger partial charge in [-0.25, -0.2) is 0 Å². The van der Waals surface area contributed by atoms with Crippen molar-refractivity contribution in [1.29, 1.82) is 0 Å². The zero-order chi connectivity index (χ0) is 11.5. The number of likely N-dealkylation sites (N-methyl/N-ethyl adjacent to an activating group) is 1. The maximum absolute atomic E-state index is 5.39. The fourth-order valence-corrected chi connectivity index (χ4v) is 2.80. The van der Waals surface area contributed by atoms with Crippen LogP contribution in [0.15, 0.2) is 6.20 Å². The van der Waals surface area contributed by atoms with Gasteiger partial charge in [0, 0.05) is 19.0 Å². The number of hydrogen-bond acceptors (Lipinski definition) is 3. The van der Waals surface area contributed by atoms with E-state index in [1.54, 1.807) is 7.11 Å². The molecule has 1 aromatic heterocycles. The number of hydrogen-bond donors (Lipinski definition) is 1. The Morgan fingerprint density at radius 1 is 1.56 bits per heavy atom. The van der Waals surface area contributed by atoms with Crippen molar-refractivity contribution in [1.82, 2.24) is 15.1 Å². The van der Waals surface area contributed by atoms with E-state index in [9.17, 15) is 0 Å². The SMILES string of the molecule is CCNC1CCCC1c1c(OC)cnn1C. The molecule has 0 aliphatic heterocycles. The molecule has 2 unspecified atom stereocenters. The van der Waals surface area contributed by atoms with Gasteiger partial charge in [-0.3, -0.25) is 4.68 Å². The average Bonchev–Trinajstić information content (AvgIpc) is 2.85. The second-order valence-electron chi connectivity index (χ2n) is 4.42. The predicted octanol–water partition coefficient (Wildman–Crippen LogP) is 1.67. The monoisotopic (exact) mass is 223 g/mol. The summed E-state index contributed by atoms with van der Waals surface area (Å²) in [4.78, 5) is 0. The van der Waals surface area contributed by atoms with Crippen molar-refractivity contribution in [3.63, 3.8) is 0 Å². The Balaban J connectivity index is 2.24. The van der Waals surface area contributed by atoms with E-state index in [1.807, 2.05) is 17.9 Å². The Morgan fingerprint density at radius 2 is 2.38 bits per heavy atom. The third kappa shape index (κ3) is 1.94. The molecule has 4 nitrogen and oxygen atoms in total. The summed E-state index contributed by atoms with van der Waals surface area (Å²) >= 11 is 0. The van der Waals surface area contributed by atoms with Crippen molar-refractivity contribution < 1.29 is 4.74 Å². The van der Waals surface area contributed by atoms with E-state index in [4.69, 9.17) is 4.74 Å². The van der Waals surface area contributed by atoms with Gasteiger partial charge in [0.1, 0.15) is 0 Å². The van der Waals surface area contributed by atoms with E-state index in [0.717, 1.165) is 12.3 Å². The molecule has 0 saturated heterocycles. The molecule has 0 radical (unpaired) electrons. The summed E-state index contributed by atoms with van der Waals surface area (Å²) in [5.74, 6) is 1.47. The Labute approximate surface area is 97.0 Å². The number of aryl methyl sites for hydroxylation is 1. The van der Waals surface area contributed by atoms with Crippen molar-refractivity contribution in [2.45, 2.75) is 38.1 Å². The summed E-state index contributed by atoms with van der Waals surface area (Å²) in [7, 11) is 3.72. The average molecular weight is 223 g/mol. The molecular weight excluding hydrogens is 202 g/mol. The van der Waals surface area contributed by atoms with E-state index in [1.165, 1.54) is 25.0 Å². The van der Waals surface area contributed by atoms with Gasteiger partial charge in [0.15, 0.2) is 5.75 Å². The van der Waals surface area contributed by atoms with Crippen molar-refractivity contribution in [2.75, 3.05) is 13.7 Å². The second-order valence-corrected chi connectivity index (χ2v) is 4.42. The van der Waals surface area contributed by atoms with Crippen LogP contribution in [0.3, 0.4) is 0 Å². The van der Waals surface area contributed by atoms with Crippen LogP contribution in [-0.4, -0.2) is 29.5 Å². The molecule has 4 heteroatoms. The summed E-state index contributed by atoms with van der Waals surface area (Å²) in [6.07, 6.45) is 5.59. The molecule has 0 spiro atoms. The molecule has 1 fully saturated rings. The zero-order valence-corrected chi connectivity index (χ0v) is 10.4. The summed E-state index contributed by atoms with van der Waals surface area (Å²) < 4.78 is 7.35. The Morgan fingerprint density at radius 3 is 3.06 bits per heavy atom. The van der Waals surface area contributed by atoms with Crippen LogP contribution in [0.2, 0.25) is 0 Å². The van der Waals surface area contributed by atoms with E-state index in [-0.39, 0.29) is 0 Å². The highest BCUT2D eigenvalue weighted by molar-refractivity contribution is 5.30. The van der Waals surface area contributed by atoms with Crippen LogP contribution in [0.25, 0.3) is 0 Å². The normalized spacial score (nSPS) is 24.9. The van der Waals surface area contributed by atoms with Gasteiger partial charge in [-0.1, -0.05) is 13.3 Å². The Bertz CT molecular complexity index is 348. The fourth-order valence-electron chi connectivity index (χ4n) is 2.80. The van der Waals surface area contributed by atoms with Gasteiger partial charge in [0.2, 0.25) is 0 Å². The van der Waals surface area contributed by atoms with Crippen LogP contribution in [0.4, 0.5) is 0 Å². The third-order valence-corrected chi connectivity index (χ3v) is 3.50. The standard InChI is InChI=1S/C12H21N3O/c1-4-13-10-7-5-6-9(10)12-11(16-3)8-14-15(12)2/h8-10,13H,4-7H2,1-3H3. The van der Waals surface area contributed by atoms with Crippen LogP contribution < -0.4 is 10.1 Å². The molecule has 0 aromatic carbocycles. The number of ether oxygens (including phenoxy) is 1. The maximum Gasteiger partial charge on any atom is 0.160 e. The first-order valence-electron chi connectivity index (χ1n) is 6.07. The van der Waals surface area contributed by atoms with Crippen LogP contribution in [-0.2, 0) is 7.05 Å². The first-order chi connectivity index (χ1) is 7.77. The van der Waals surface area contributed by atoms with Crippen LogP contribution in [0.1, 0.15) is 37.8 Å². The second kappa shape index (κ2) is 4.87. The highest BCUT2D eigenvalue weighted by Gasteiger charge is 2.32. The first-order valence-corrected chi connectivity index (χ1v) is 6.07. The lowest BCUT2D eigenvalue weighted by atomic mass is 9.99. The number of nitrogens with zero attached hydrogens (tertiary/aromatic N) is 2. The van der Waals surface area contributed by atoms with Crippen LogP contribution >= 0.6 is 0 Å². The lowest BCUT2D eigenvalue weighted by Crippen LogP contribution is -2.32. The largest absolute Gasteiger partial charge is 0.493 e. The minimum atomic E-state index is 0.544. The lowest BCUT2D eigenvalue weighted by molar-refractivity contribution is 0.392. The summed E-state index contributed by atoms with van der Waals surface area (Å²) in [5.41, 5.74) is 1.24. The Hall–Kier alpha value is -1.03. The van der Waals surface area contributed by atoms with Gasteiger partial charge in [-0.05, 0) is 19.4 Å². The summed E-state index contributed by atoms with van der Waals surface area (Å²) in [5, 5.41) is 7.86. The van der Waals surface area contributed by atoms with Crippen molar-refractivity contribution in [3.8, 4) is 5.75 Å². The molecule has 1 saturated carbocycles. The van der Waals surface area contributed by atoms with Crippen LogP contribution in [0, 0.1) is 0 Å². The molecule has 2 rings (SSSR count). The van der Waals surface area contributed by atoms with Gasteiger partial charge < -0.3 is 10.1 Å². The zero-order valence-electron chi connectivity index (χ0n) is 10.4. The van der Waals surface area contributed by atoms with E-state index in [2.05, 4.69) is 17.3 Å². The molecule has 2 atom stereocenters. The van der Waals surface area contributed by atoms with Crippen molar-refractivity contribution in [2.24, 2.45) is 7.05 Å². The minimum Gasteiger partial charge on any atom is -0.493 e. The van der Waals surface area contributed by atoms with Gasteiger partial charge in [-0.2, -0.15) is 5.10 Å². The van der Waals surface area contributed by atoms with E-state index < -0.39 is 0 Å². The molecule has 90 valence electrons. The van der Waals surface area contributed by atoms with Gasteiger partial charge >= 0.3 is 0 Å². The number of aromatic nitrogens is 2. The highest BCUT2D eigenvalue weighted by atomic mass is 16.5. The molecule has 1 aromatic rings. The van der Waals surface area contributed by atoms with E-state index >= 15 is 0 Å².